The maximum absolute atomic E-state index is 12.5. The third-order valence-electron chi connectivity index (χ3n) is 5.18. The SMILES string of the molecule is CNC(=O)C1CN(Cc2ccccc2)C[C@@H]1C1=CC=CC(C)(C)C=C1.CO. The quantitative estimate of drug-likeness (QED) is 0.858. The molecule has 0 aromatic heterocycles. The second-order valence-electron chi connectivity index (χ2n) is 7.69. The van der Waals surface area contributed by atoms with Crippen LogP contribution in [-0.4, -0.2) is 43.2 Å². The second kappa shape index (κ2) is 9.67. The van der Waals surface area contributed by atoms with Crippen LogP contribution in [0.4, 0.5) is 0 Å². The molecule has 1 aliphatic heterocycles. The summed E-state index contributed by atoms with van der Waals surface area (Å²) in [6, 6.07) is 10.5. The first-order valence-electron chi connectivity index (χ1n) is 9.50. The van der Waals surface area contributed by atoms with Crippen molar-refractivity contribution < 1.29 is 9.90 Å². The molecule has 3 rings (SSSR count). The zero-order valence-electron chi connectivity index (χ0n) is 16.9. The Kier molecular flexibility index (Phi) is 7.57. The zero-order chi connectivity index (χ0) is 19.9. The molecule has 27 heavy (non-hydrogen) atoms. The summed E-state index contributed by atoms with van der Waals surface area (Å²) in [6.45, 7) is 7.00. The number of likely N-dealkylation sites (tertiary alicyclic amines) is 1. The Labute approximate surface area is 163 Å². The molecule has 1 saturated heterocycles. The zero-order valence-corrected chi connectivity index (χ0v) is 16.9. The summed E-state index contributed by atoms with van der Waals surface area (Å²) in [6.07, 6.45) is 11.0. The fraction of sp³-hybridized carbons (Fsp3) is 0.435. The molecule has 2 N–H and O–H groups in total. The maximum atomic E-state index is 12.5. The molecule has 2 atom stereocenters. The molecule has 1 amide bonds. The van der Waals surface area contributed by atoms with Crippen LogP contribution in [0.15, 0.2) is 66.3 Å². The van der Waals surface area contributed by atoms with Crippen LogP contribution in [-0.2, 0) is 11.3 Å². The van der Waals surface area contributed by atoms with Crippen LogP contribution in [0, 0.1) is 17.3 Å². The average Bonchev–Trinajstić information content (AvgIpc) is 3.00. The standard InChI is InChI=1S/C22H28N2O.CH4O/c1-22(2)12-7-10-18(11-13-22)19-15-24(16-20(19)21(25)23-3)14-17-8-5-4-6-9-17;1-2/h4-13,19-20H,14-16H2,1-3H3,(H,23,25);2H,1H3/t19-,20?;/m1./s1. The highest BCUT2D eigenvalue weighted by atomic mass is 16.2. The predicted molar refractivity (Wildman–Crippen MR) is 111 cm³/mol. The van der Waals surface area contributed by atoms with Gasteiger partial charge < -0.3 is 10.4 Å². The van der Waals surface area contributed by atoms with Crippen molar-refractivity contribution in [2.24, 2.45) is 17.3 Å². The molecule has 1 fully saturated rings. The minimum atomic E-state index is -0.000718. The minimum absolute atomic E-state index is 0.000718. The lowest BCUT2D eigenvalue weighted by atomic mass is 9.86. The normalized spacial score (nSPS) is 23.8. The van der Waals surface area contributed by atoms with Crippen LogP contribution in [0.25, 0.3) is 0 Å². The number of amides is 1. The Morgan fingerprint density at radius 2 is 1.89 bits per heavy atom. The number of aliphatic hydroxyl groups is 1. The average molecular weight is 369 g/mol. The molecule has 1 aromatic rings. The number of aliphatic hydroxyl groups excluding tert-OH is 1. The molecule has 1 unspecified atom stereocenters. The van der Waals surface area contributed by atoms with E-state index in [0.29, 0.717) is 0 Å². The van der Waals surface area contributed by atoms with Crippen molar-refractivity contribution in [1.29, 1.82) is 0 Å². The Morgan fingerprint density at radius 1 is 1.19 bits per heavy atom. The number of allylic oxidation sites excluding steroid dienone is 5. The third kappa shape index (κ3) is 5.65. The van der Waals surface area contributed by atoms with Crippen LogP contribution in [0.2, 0.25) is 0 Å². The van der Waals surface area contributed by atoms with Gasteiger partial charge in [-0.15, -0.1) is 0 Å². The van der Waals surface area contributed by atoms with Gasteiger partial charge in [-0.25, -0.2) is 0 Å². The first-order chi connectivity index (χ1) is 13.0. The van der Waals surface area contributed by atoms with Gasteiger partial charge in [0.2, 0.25) is 5.91 Å². The molecule has 1 heterocycles. The Hall–Kier alpha value is -2.17. The van der Waals surface area contributed by atoms with Crippen molar-refractivity contribution in [2.75, 3.05) is 27.2 Å². The first-order valence-corrected chi connectivity index (χ1v) is 9.50. The predicted octanol–water partition coefficient (Wildman–Crippen LogP) is 3.17. The van der Waals surface area contributed by atoms with E-state index in [-0.39, 0.29) is 23.2 Å². The molecule has 0 bridgehead atoms. The van der Waals surface area contributed by atoms with Crippen molar-refractivity contribution in [2.45, 2.75) is 20.4 Å². The highest BCUT2D eigenvalue weighted by Crippen LogP contribution is 2.34. The number of hydrogen-bond acceptors (Lipinski definition) is 3. The third-order valence-corrected chi connectivity index (χ3v) is 5.18. The summed E-state index contributed by atoms with van der Waals surface area (Å²) in [5.41, 5.74) is 2.61. The van der Waals surface area contributed by atoms with Crippen LogP contribution >= 0.6 is 0 Å². The van der Waals surface area contributed by atoms with Gasteiger partial charge in [-0.1, -0.05) is 74.6 Å². The van der Waals surface area contributed by atoms with E-state index in [0.717, 1.165) is 26.7 Å². The van der Waals surface area contributed by atoms with Gasteiger partial charge in [-0.3, -0.25) is 9.69 Å². The molecule has 1 aliphatic carbocycles. The number of carbonyl (C=O) groups is 1. The highest BCUT2D eigenvalue weighted by Gasteiger charge is 2.38. The molecule has 0 spiro atoms. The smallest absolute Gasteiger partial charge is 0.224 e. The summed E-state index contributed by atoms with van der Waals surface area (Å²) in [4.78, 5) is 14.9. The van der Waals surface area contributed by atoms with Crippen molar-refractivity contribution in [1.82, 2.24) is 10.2 Å². The van der Waals surface area contributed by atoms with E-state index >= 15 is 0 Å². The van der Waals surface area contributed by atoms with E-state index in [2.05, 4.69) is 78.7 Å². The van der Waals surface area contributed by atoms with Crippen LogP contribution < -0.4 is 5.32 Å². The molecule has 1 aromatic carbocycles. The summed E-state index contributed by atoms with van der Waals surface area (Å²) in [7, 11) is 2.74. The van der Waals surface area contributed by atoms with Gasteiger partial charge in [-0.05, 0) is 11.1 Å². The highest BCUT2D eigenvalue weighted by molar-refractivity contribution is 5.80. The van der Waals surface area contributed by atoms with Gasteiger partial charge in [0.25, 0.3) is 0 Å². The summed E-state index contributed by atoms with van der Waals surface area (Å²) < 4.78 is 0. The van der Waals surface area contributed by atoms with E-state index in [9.17, 15) is 4.79 Å². The maximum Gasteiger partial charge on any atom is 0.224 e. The summed E-state index contributed by atoms with van der Waals surface area (Å²) >= 11 is 0. The van der Waals surface area contributed by atoms with Gasteiger partial charge in [0.05, 0.1) is 5.92 Å². The fourth-order valence-electron chi connectivity index (χ4n) is 3.72. The lowest BCUT2D eigenvalue weighted by Gasteiger charge is -2.18. The molecule has 2 aliphatic rings. The number of hydrogen-bond donors (Lipinski definition) is 2. The molecule has 4 heteroatoms. The van der Waals surface area contributed by atoms with E-state index in [1.165, 1.54) is 11.1 Å². The number of benzene rings is 1. The molecule has 0 saturated carbocycles. The van der Waals surface area contributed by atoms with Gasteiger partial charge in [0, 0.05) is 45.1 Å². The minimum Gasteiger partial charge on any atom is -0.400 e. The Bertz CT molecular complexity index is 704. The summed E-state index contributed by atoms with van der Waals surface area (Å²) in [5, 5.41) is 9.86. The number of nitrogens with one attached hydrogen (secondary N) is 1. The van der Waals surface area contributed by atoms with Crippen molar-refractivity contribution >= 4 is 5.91 Å². The van der Waals surface area contributed by atoms with Gasteiger partial charge in [0.15, 0.2) is 0 Å². The van der Waals surface area contributed by atoms with Gasteiger partial charge >= 0.3 is 0 Å². The largest absolute Gasteiger partial charge is 0.400 e. The van der Waals surface area contributed by atoms with Crippen molar-refractivity contribution in [3.8, 4) is 0 Å². The van der Waals surface area contributed by atoms with Crippen molar-refractivity contribution in [3.63, 3.8) is 0 Å². The molecular weight excluding hydrogens is 336 g/mol. The second-order valence-corrected chi connectivity index (χ2v) is 7.69. The molecular formula is C23H32N2O2. The lowest BCUT2D eigenvalue weighted by molar-refractivity contribution is -0.124. The number of carbonyl (C=O) groups excluding carboxylic acids is 1. The number of rotatable bonds is 4. The Morgan fingerprint density at radius 3 is 2.56 bits per heavy atom. The monoisotopic (exact) mass is 368 g/mol. The van der Waals surface area contributed by atoms with Crippen LogP contribution in [0.5, 0.6) is 0 Å². The van der Waals surface area contributed by atoms with E-state index in [1.807, 2.05) is 6.07 Å². The van der Waals surface area contributed by atoms with Crippen LogP contribution in [0.3, 0.4) is 0 Å². The molecule has 4 nitrogen and oxygen atoms in total. The topological polar surface area (TPSA) is 52.6 Å². The van der Waals surface area contributed by atoms with Gasteiger partial charge in [-0.2, -0.15) is 0 Å². The molecule has 0 radical (unpaired) electrons. The molecule has 146 valence electrons. The summed E-state index contributed by atoms with van der Waals surface area (Å²) in [5.74, 6) is 0.375. The van der Waals surface area contributed by atoms with Crippen LogP contribution in [0.1, 0.15) is 19.4 Å². The first kappa shape index (κ1) is 21.1. The van der Waals surface area contributed by atoms with E-state index < -0.39 is 0 Å². The lowest BCUT2D eigenvalue weighted by Crippen LogP contribution is -2.33. The number of nitrogens with zero attached hydrogens (tertiary/aromatic N) is 1. The van der Waals surface area contributed by atoms with Gasteiger partial charge in [0.1, 0.15) is 0 Å². The van der Waals surface area contributed by atoms with E-state index in [1.54, 1.807) is 7.05 Å². The van der Waals surface area contributed by atoms with E-state index in [4.69, 9.17) is 5.11 Å². The van der Waals surface area contributed by atoms with Crippen molar-refractivity contribution in [3.05, 3.63) is 71.8 Å². The fourth-order valence-corrected chi connectivity index (χ4v) is 3.72. The Balaban J connectivity index is 0.00000126.